The second-order valence-corrected chi connectivity index (χ2v) is 8.30. The van der Waals surface area contributed by atoms with E-state index >= 15 is 0 Å². The van der Waals surface area contributed by atoms with E-state index in [1.807, 2.05) is 36.4 Å². The van der Waals surface area contributed by atoms with Crippen molar-refractivity contribution in [1.82, 2.24) is 0 Å². The van der Waals surface area contributed by atoms with E-state index in [-0.39, 0.29) is 0 Å². The summed E-state index contributed by atoms with van der Waals surface area (Å²) in [5.74, 6) is 0. The minimum atomic E-state index is -3.14. The summed E-state index contributed by atoms with van der Waals surface area (Å²) in [6, 6.07) is 15.1. The highest BCUT2D eigenvalue weighted by Crippen LogP contribution is 2.24. The van der Waals surface area contributed by atoms with Crippen LogP contribution in [0.1, 0.15) is 6.42 Å². The average molecular weight is 351 g/mol. The molecular weight excluding hydrogens is 332 g/mol. The van der Waals surface area contributed by atoms with Gasteiger partial charge in [0.15, 0.2) is 9.84 Å². The fourth-order valence-corrected chi connectivity index (χ4v) is 3.56. The van der Waals surface area contributed by atoms with Crippen LogP contribution in [0.5, 0.6) is 0 Å². The van der Waals surface area contributed by atoms with E-state index < -0.39 is 9.84 Å². The molecule has 1 saturated heterocycles. The molecule has 0 spiro atoms. The smallest absolute Gasteiger partial charge is 0.175 e. The summed E-state index contributed by atoms with van der Waals surface area (Å²) < 4.78 is 23.0. The molecule has 0 aliphatic carbocycles. The lowest BCUT2D eigenvalue weighted by molar-refractivity contribution is 0.602. The van der Waals surface area contributed by atoms with Gasteiger partial charge in [-0.3, -0.25) is 0 Å². The number of hydrogen-bond donors (Lipinski definition) is 1. The van der Waals surface area contributed by atoms with E-state index in [1.54, 1.807) is 12.1 Å². The van der Waals surface area contributed by atoms with Crippen molar-refractivity contribution in [1.29, 1.82) is 0 Å². The van der Waals surface area contributed by atoms with Crippen LogP contribution in [0.3, 0.4) is 0 Å². The molecule has 122 valence electrons. The number of nitrogens with zero attached hydrogens (tertiary/aromatic N) is 1. The number of anilines is 2. The van der Waals surface area contributed by atoms with Gasteiger partial charge in [-0.2, -0.15) is 0 Å². The molecule has 3 rings (SSSR count). The normalized spacial score (nSPS) is 18.2. The largest absolute Gasteiger partial charge is 0.380 e. The second kappa shape index (κ2) is 6.42. The molecule has 1 atom stereocenters. The van der Waals surface area contributed by atoms with Gasteiger partial charge in [0.1, 0.15) is 0 Å². The zero-order chi connectivity index (χ0) is 16.4. The molecule has 1 unspecified atom stereocenters. The molecule has 0 amide bonds. The van der Waals surface area contributed by atoms with Crippen molar-refractivity contribution in [3.63, 3.8) is 0 Å². The van der Waals surface area contributed by atoms with Crippen LogP contribution in [0, 0.1) is 0 Å². The number of sulfone groups is 1. The maximum Gasteiger partial charge on any atom is 0.175 e. The van der Waals surface area contributed by atoms with E-state index in [1.165, 1.54) is 11.9 Å². The van der Waals surface area contributed by atoms with Crippen LogP contribution in [0.25, 0.3) is 0 Å². The second-order valence-electron chi connectivity index (χ2n) is 5.85. The first kappa shape index (κ1) is 16.1. The first-order valence-corrected chi connectivity index (χ1v) is 9.76. The van der Waals surface area contributed by atoms with Gasteiger partial charge in [-0.25, -0.2) is 8.42 Å². The number of nitrogens with one attached hydrogen (secondary N) is 1. The predicted octanol–water partition coefficient (Wildman–Crippen LogP) is 3.43. The lowest BCUT2D eigenvalue weighted by atomic mass is 10.2. The Morgan fingerprint density at radius 2 is 1.74 bits per heavy atom. The van der Waals surface area contributed by atoms with Crippen LogP contribution < -0.4 is 10.2 Å². The Hall–Kier alpha value is -1.72. The standard InChI is InChI=1S/C17H19ClN2O2S/c1-23(21,22)17-8-4-14(5-9-17)19-15-10-11-20(12-15)16-6-2-13(18)3-7-16/h2-9,15,19H,10-12H2,1H3. The molecule has 2 aromatic carbocycles. The van der Waals surface area contributed by atoms with Gasteiger partial charge in [0.05, 0.1) is 4.90 Å². The third kappa shape index (κ3) is 3.98. The Bertz CT molecular complexity index is 773. The summed E-state index contributed by atoms with van der Waals surface area (Å²) >= 11 is 5.93. The molecule has 4 nitrogen and oxygen atoms in total. The van der Waals surface area contributed by atoms with Gasteiger partial charge in [-0.05, 0) is 55.0 Å². The van der Waals surface area contributed by atoms with E-state index in [0.717, 1.165) is 30.2 Å². The lowest BCUT2D eigenvalue weighted by Gasteiger charge is -2.19. The quantitative estimate of drug-likeness (QED) is 0.917. The highest BCUT2D eigenvalue weighted by Gasteiger charge is 2.22. The molecule has 0 radical (unpaired) electrons. The molecule has 0 bridgehead atoms. The molecule has 1 fully saturated rings. The Labute approximate surface area is 142 Å². The predicted molar refractivity (Wildman–Crippen MR) is 95.2 cm³/mol. The van der Waals surface area contributed by atoms with E-state index in [2.05, 4.69) is 10.2 Å². The highest BCUT2D eigenvalue weighted by atomic mass is 35.5. The topological polar surface area (TPSA) is 49.4 Å². The molecule has 1 N–H and O–H groups in total. The van der Waals surface area contributed by atoms with E-state index in [9.17, 15) is 8.42 Å². The molecule has 23 heavy (non-hydrogen) atoms. The Balaban J connectivity index is 1.62. The fraction of sp³-hybridized carbons (Fsp3) is 0.294. The van der Waals surface area contributed by atoms with Crippen LogP contribution in [-0.4, -0.2) is 33.8 Å². The van der Waals surface area contributed by atoms with Gasteiger partial charge >= 0.3 is 0 Å². The van der Waals surface area contributed by atoms with Gasteiger partial charge < -0.3 is 10.2 Å². The van der Waals surface area contributed by atoms with Crippen molar-refractivity contribution in [2.75, 3.05) is 29.6 Å². The molecule has 1 aliphatic rings. The zero-order valence-electron chi connectivity index (χ0n) is 12.9. The lowest BCUT2D eigenvalue weighted by Crippen LogP contribution is -2.25. The van der Waals surface area contributed by atoms with Gasteiger partial charge in [-0.1, -0.05) is 11.6 Å². The van der Waals surface area contributed by atoms with Crippen molar-refractivity contribution >= 4 is 32.8 Å². The summed E-state index contributed by atoms with van der Waals surface area (Å²) in [4.78, 5) is 2.66. The van der Waals surface area contributed by atoms with Crippen LogP contribution in [0.2, 0.25) is 5.02 Å². The zero-order valence-corrected chi connectivity index (χ0v) is 14.4. The van der Waals surface area contributed by atoms with Gasteiger partial charge in [0.25, 0.3) is 0 Å². The van der Waals surface area contributed by atoms with Crippen LogP contribution in [-0.2, 0) is 9.84 Å². The monoisotopic (exact) mass is 350 g/mol. The van der Waals surface area contributed by atoms with Crippen molar-refractivity contribution in [3.8, 4) is 0 Å². The molecule has 0 saturated carbocycles. The maximum atomic E-state index is 11.5. The minimum Gasteiger partial charge on any atom is -0.380 e. The third-order valence-electron chi connectivity index (χ3n) is 4.03. The summed E-state index contributed by atoms with van der Waals surface area (Å²) in [6.07, 6.45) is 2.26. The summed E-state index contributed by atoms with van der Waals surface area (Å²) in [5, 5.41) is 4.21. The number of halogens is 1. The Morgan fingerprint density at radius 1 is 1.09 bits per heavy atom. The van der Waals surface area contributed by atoms with Gasteiger partial charge in [-0.15, -0.1) is 0 Å². The van der Waals surface area contributed by atoms with Crippen molar-refractivity contribution in [2.45, 2.75) is 17.4 Å². The van der Waals surface area contributed by atoms with Crippen molar-refractivity contribution in [3.05, 3.63) is 53.6 Å². The van der Waals surface area contributed by atoms with Crippen LogP contribution in [0.4, 0.5) is 11.4 Å². The van der Waals surface area contributed by atoms with Gasteiger partial charge in [0.2, 0.25) is 0 Å². The van der Waals surface area contributed by atoms with Gasteiger partial charge in [0, 0.05) is 41.8 Å². The van der Waals surface area contributed by atoms with E-state index in [4.69, 9.17) is 11.6 Å². The summed E-state index contributed by atoms with van der Waals surface area (Å²) in [7, 11) is -3.14. The fourth-order valence-electron chi connectivity index (χ4n) is 2.80. The SMILES string of the molecule is CS(=O)(=O)c1ccc(NC2CCN(c3ccc(Cl)cc3)C2)cc1. The van der Waals surface area contributed by atoms with E-state index in [0.29, 0.717) is 10.9 Å². The molecule has 1 aliphatic heterocycles. The summed E-state index contributed by atoms with van der Waals surface area (Å²) in [5.41, 5.74) is 2.12. The number of hydrogen-bond acceptors (Lipinski definition) is 4. The average Bonchev–Trinajstić information content (AvgIpc) is 2.96. The number of rotatable bonds is 4. The van der Waals surface area contributed by atoms with Crippen molar-refractivity contribution in [2.24, 2.45) is 0 Å². The molecular formula is C17H19ClN2O2S. The van der Waals surface area contributed by atoms with Crippen molar-refractivity contribution < 1.29 is 8.42 Å². The molecule has 6 heteroatoms. The summed E-state index contributed by atoms with van der Waals surface area (Å²) in [6.45, 7) is 1.90. The Morgan fingerprint density at radius 3 is 2.35 bits per heavy atom. The first-order valence-electron chi connectivity index (χ1n) is 7.49. The first-order chi connectivity index (χ1) is 10.9. The maximum absolute atomic E-state index is 11.5. The molecule has 0 aromatic heterocycles. The third-order valence-corrected chi connectivity index (χ3v) is 5.41. The highest BCUT2D eigenvalue weighted by molar-refractivity contribution is 7.90. The minimum absolute atomic E-state index is 0.342. The number of benzene rings is 2. The Kier molecular flexibility index (Phi) is 4.50. The molecule has 1 heterocycles. The molecule has 2 aromatic rings. The van der Waals surface area contributed by atoms with Crippen LogP contribution in [0.15, 0.2) is 53.4 Å². The van der Waals surface area contributed by atoms with Crippen LogP contribution >= 0.6 is 11.6 Å².